The molecule has 1 aliphatic heterocycles. The fourth-order valence-electron chi connectivity index (χ4n) is 1.68. The maximum absolute atomic E-state index is 10.7. The first kappa shape index (κ1) is 9.58. The Bertz CT molecular complexity index is 356. The standard InChI is InChI=1S/C9H12N2O2S/c1-5-7(6-3-2-4-14-6)11-8(10-5)9(12)13/h6H,2-4H2,1H3,(H,10,11)(H,12,13). The van der Waals surface area contributed by atoms with E-state index >= 15 is 0 Å². The number of thioether (sulfide) groups is 1. The van der Waals surface area contributed by atoms with E-state index in [1.807, 2.05) is 18.7 Å². The Balaban J connectivity index is 2.28. The molecule has 2 N–H and O–H groups in total. The van der Waals surface area contributed by atoms with Gasteiger partial charge in [0.25, 0.3) is 0 Å². The summed E-state index contributed by atoms with van der Waals surface area (Å²) in [4.78, 5) is 17.6. The summed E-state index contributed by atoms with van der Waals surface area (Å²) in [6.45, 7) is 1.88. The van der Waals surface area contributed by atoms with Crippen LogP contribution < -0.4 is 0 Å². The van der Waals surface area contributed by atoms with Crippen molar-refractivity contribution in [3.05, 3.63) is 17.2 Å². The summed E-state index contributed by atoms with van der Waals surface area (Å²) in [6, 6.07) is 0. The Morgan fingerprint density at radius 3 is 3.00 bits per heavy atom. The van der Waals surface area contributed by atoms with Gasteiger partial charge in [0.2, 0.25) is 5.82 Å². The van der Waals surface area contributed by atoms with Gasteiger partial charge in [0.05, 0.1) is 5.69 Å². The summed E-state index contributed by atoms with van der Waals surface area (Å²) in [6.07, 6.45) is 2.31. The Morgan fingerprint density at radius 2 is 2.50 bits per heavy atom. The van der Waals surface area contributed by atoms with Crippen LogP contribution in [0.4, 0.5) is 0 Å². The Kier molecular flexibility index (Phi) is 2.50. The van der Waals surface area contributed by atoms with Crippen molar-refractivity contribution in [2.45, 2.75) is 25.0 Å². The number of hydrogen-bond donors (Lipinski definition) is 2. The smallest absolute Gasteiger partial charge is 0.371 e. The van der Waals surface area contributed by atoms with Gasteiger partial charge in [0.1, 0.15) is 0 Å². The SMILES string of the molecule is Cc1[nH]c(C(=O)O)nc1C1CCCS1. The quantitative estimate of drug-likeness (QED) is 0.786. The second-order valence-corrected chi connectivity index (χ2v) is 4.71. The van der Waals surface area contributed by atoms with Crippen LogP contribution in [-0.2, 0) is 0 Å². The summed E-state index contributed by atoms with van der Waals surface area (Å²) in [5.74, 6) is 0.228. The van der Waals surface area contributed by atoms with Crippen LogP contribution in [0, 0.1) is 6.92 Å². The van der Waals surface area contributed by atoms with Crippen LogP contribution in [0.5, 0.6) is 0 Å². The van der Waals surface area contributed by atoms with Gasteiger partial charge in [-0.2, -0.15) is 11.8 Å². The average molecular weight is 212 g/mol. The van der Waals surface area contributed by atoms with Crippen molar-refractivity contribution in [2.24, 2.45) is 0 Å². The highest BCUT2D eigenvalue weighted by Gasteiger charge is 2.23. The molecule has 14 heavy (non-hydrogen) atoms. The summed E-state index contributed by atoms with van der Waals surface area (Å²) >= 11 is 1.86. The van der Waals surface area contributed by atoms with Gasteiger partial charge >= 0.3 is 5.97 Å². The van der Waals surface area contributed by atoms with E-state index in [4.69, 9.17) is 5.11 Å². The highest BCUT2D eigenvalue weighted by Crippen LogP contribution is 2.40. The predicted octanol–water partition coefficient (Wildman–Crippen LogP) is 1.98. The zero-order valence-electron chi connectivity index (χ0n) is 7.91. The summed E-state index contributed by atoms with van der Waals surface area (Å²) in [7, 11) is 0. The van der Waals surface area contributed by atoms with Crippen LogP contribution in [0.25, 0.3) is 0 Å². The minimum atomic E-state index is -0.984. The molecular weight excluding hydrogens is 200 g/mol. The number of imidazole rings is 1. The van der Waals surface area contributed by atoms with Crippen molar-refractivity contribution < 1.29 is 9.90 Å². The van der Waals surface area contributed by atoms with Crippen molar-refractivity contribution in [3.8, 4) is 0 Å². The van der Waals surface area contributed by atoms with Crippen LogP contribution in [-0.4, -0.2) is 26.8 Å². The Labute approximate surface area is 86.1 Å². The molecule has 1 unspecified atom stereocenters. The van der Waals surface area contributed by atoms with Crippen LogP contribution in [0.2, 0.25) is 0 Å². The fourth-order valence-corrected chi connectivity index (χ4v) is 3.02. The molecule has 0 saturated carbocycles. The molecule has 0 aliphatic carbocycles. The maximum atomic E-state index is 10.7. The molecule has 1 atom stereocenters. The number of aromatic nitrogens is 2. The first-order chi connectivity index (χ1) is 6.68. The molecule has 1 aromatic rings. The molecule has 0 bridgehead atoms. The molecular formula is C9H12N2O2S. The lowest BCUT2D eigenvalue weighted by Gasteiger charge is -2.04. The van der Waals surface area contributed by atoms with E-state index in [1.165, 1.54) is 6.42 Å². The number of H-pyrrole nitrogens is 1. The summed E-state index contributed by atoms with van der Waals surface area (Å²) in [5.41, 5.74) is 1.81. The van der Waals surface area contributed by atoms with Crippen molar-refractivity contribution in [1.82, 2.24) is 9.97 Å². The first-order valence-electron chi connectivity index (χ1n) is 4.60. The van der Waals surface area contributed by atoms with E-state index in [1.54, 1.807) is 0 Å². The molecule has 2 rings (SSSR count). The zero-order valence-corrected chi connectivity index (χ0v) is 8.73. The molecule has 4 nitrogen and oxygen atoms in total. The van der Waals surface area contributed by atoms with Gasteiger partial charge < -0.3 is 10.1 Å². The minimum Gasteiger partial charge on any atom is -0.475 e. The van der Waals surface area contributed by atoms with Crippen molar-refractivity contribution in [1.29, 1.82) is 0 Å². The van der Waals surface area contributed by atoms with Gasteiger partial charge in [0.15, 0.2) is 0 Å². The molecule has 0 radical (unpaired) electrons. The van der Waals surface area contributed by atoms with Gasteiger partial charge in [-0.3, -0.25) is 0 Å². The lowest BCUT2D eigenvalue weighted by atomic mass is 10.2. The van der Waals surface area contributed by atoms with E-state index in [-0.39, 0.29) is 5.82 Å². The van der Waals surface area contributed by atoms with E-state index < -0.39 is 5.97 Å². The lowest BCUT2D eigenvalue weighted by molar-refractivity contribution is 0.0684. The number of aryl methyl sites for hydroxylation is 1. The number of nitrogens with zero attached hydrogens (tertiary/aromatic N) is 1. The normalized spacial score (nSPS) is 21.4. The number of carboxylic acid groups (broad SMARTS) is 1. The molecule has 0 spiro atoms. The molecule has 1 saturated heterocycles. The maximum Gasteiger partial charge on any atom is 0.371 e. The molecule has 1 aromatic heterocycles. The van der Waals surface area contributed by atoms with E-state index in [0.717, 1.165) is 23.6 Å². The van der Waals surface area contributed by atoms with Crippen LogP contribution in [0.1, 0.15) is 40.1 Å². The fraction of sp³-hybridized carbons (Fsp3) is 0.556. The van der Waals surface area contributed by atoms with Crippen molar-refractivity contribution in [2.75, 3.05) is 5.75 Å². The number of hydrogen-bond acceptors (Lipinski definition) is 3. The van der Waals surface area contributed by atoms with Crippen molar-refractivity contribution in [3.63, 3.8) is 0 Å². The van der Waals surface area contributed by atoms with Gasteiger partial charge in [-0.25, -0.2) is 9.78 Å². The number of nitrogens with one attached hydrogen (secondary N) is 1. The highest BCUT2D eigenvalue weighted by atomic mass is 32.2. The topological polar surface area (TPSA) is 66.0 Å². The minimum absolute atomic E-state index is 0.0602. The van der Waals surface area contributed by atoms with Crippen LogP contribution >= 0.6 is 11.8 Å². The van der Waals surface area contributed by atoms with E-state index in [9.17, 15) is 4.79 Å². The van der Waals surface area contributed by atoms with E-state index in [0.29, 0.717) is 5.25 Å². The Hall–Kier alpha value is -0.970. The van der Waals surface area contributed by atoms with Gasteiger partial charge in [-0.15, -0.1) is 0 Å². The lowest BCUT2D eigenvalue weighted by Crippen LogP contribution is -1.99. The zero-order chi connectivity index (χ0) is 10.1. The second kappa shape index (κ2) is 3.65. The van der Waals surface area contributed by atoms with Crippen LogP contribution in [0.15, 0.2) is 0 Å². The number of carbonyl (C=O) groups is 1. The predicted molar refractivity (Wildman–Crippen MR) is 54.7 cm³/mol. The van der Waals surface area contributed by atoms with Gasteiger partial charge in [0, 0.05) is 10.9 Å². The third-order valence-corrected chi connectivity index (χ3v) is 3.75. The number of aromatic amines is 1. The van der Waals surface area contributed by atoms with Gasteiger partial charge in [-0.1, -0.05) is 0 Å². The van der Waals surface area contributed by atoms with Crippen molar-refractivity contribution >= 4 is 17.7 Å². The monoisotopic (exact) mass is 212 g/mol. The molecule has 2 heterocycles. The number of carboxylic acids is 1. The van der Waals surface area contributed by atoms with Crippen LogP contribution in [0.3, 0.4) is 0 Å². The molecule has 0 aromatic carbocycles. The second-order valence-electron chi connectivity index (χ2n) is 3.40. The molecule has 1 fully saturated rings. The number of aromatic carboxylic acids is 1. The average Bonchev–Trinajstić information content (AvgIpc) is 2.71. The highest BCUT2D eigenvalue weighted by molar-refractivity contribution is 7.99. The summed E-state index contributed by atoms with van der Waals surface area (Å²) < 4.78 is 0. The molecule has 1 aliphatic rings. The number of rotatable bonds is 2. The Morgan fingerprint density at radius 1 is 1.71 bits per heavy atom. The molecule has 76 valence electrons. The van der Waals surface area contributed by atoms with E-state index in [2.05, 4.69) is 9.97 Å². The molecule has 5 heteroatoms. The van der Waals surface area contributed by atoms with Gasteiger partial charge in [-0.05, 0) is 25.5 Å². The third-order valence-electron chi connectivity index (χ3n) is 2.36. The largest absolute Gasteiger partial charge is 0.475 e. The molecule has 0 amide bonds. The summed E-state index contributed by atoms with van der Waals surface area (Å²) in [5, 5.41) is 9.15. The first-order valence-corrected chi connectivity index (χ1v) is 5.65. The third kappa shape index (κ3) is 1.64.